The maximum Gasteiger partial charge on any atom is 0.331 e. The van der Waals surface area contributed by atoms with Crippen LogP contribution in [0.2, 0.25) is 0 Å². The standard InChI is InChI=1S/C21H17N7O4/c1-26-18-21(19(29)27(2)20(26)30,15-11-22-16-6-4-3-5-14(15)16)23-17(24-25-18)12-7-9-13(10-8-12)28(31)32/h3-11,22H,1-2H3,(H,23,24). The lowest BCUT2D eigenvalue weighted by Gasteiger charge is -2.43. The number of non-ortho nitro benzene ring substituents is 1. The van der Waals surface area contributed by atoms with Gasteiger partial charge in [-0.3, -0.25) is 30.1 Å². The van der Waals surface area contributed by atoms with Crippen LogP contribution in [-0.2, 0) is 10.3 Å². The highest BCUT2D eigenvalue weighted by Crippen LogP contribution is 2.40. The number of amidine groups is 2. The molecule has 0 saturated carbocycles. The van der Waals surface area contributed by atoms with E-state index >= 15 is 0 Å². The molecule has 1 atom stereocenters. The predicted molar refractivity (Wildman–Crippen MR) is 116 cm³/mol. The van der Waals surface area contributed by atoms with Gasteiger partial charge in [-0.05, 0) is 18.2 Å². The van der Waals surface area contributed by atoms with Crippen LogP contribution in [-0.4, -0.2) is 57.4 Å². The number of fused-ring (bicyclic) bond motifs is 2. The van der Waals surface area contributed by atoms with Gasteiger partial charge < -0.3 is 4.98 Å². The summed E-state index contributed by atoms with van der Waals surface area (Å²) in [6.45, 7) is 0. The van der Waals surface area contributed by atoms with Crippen LogP contribution in [0.25, 0.3) is 10.9 Å². The smallest absolute Gasteiger partial charge is 0.331 e. The second-order valence-corrected chi connectivity index (χ2v) is 7.48. The zero-order valence-electron chi connectivity index (χ0n) is 17.1. The average Bonchev–Trinajstić information content (AvgIpc) is 3.25. The number of urea groups is 1. The summed E-state index contributed by atoms with van der Waals surface area (Å²) in [5.41, 5.74) is 2.96. The molecule has 11 nitrogen and oxygen atoms in total. The lowest BCUT2D eigenvalue weighted by atomic mass is 9.84. The van der Waals surface area contributed by atoms with E-state index in [0.29, 0.717) is 11.1 Å². The normalized spacial score (nSPS) is 20.6. The van der Waals surface area contributed by atoms with Crippen LogP contribution < -0.4 is 5.43 Å². The number of aliphatic imine (C=N–C) groups is 1. The van der Waals surface area contributed by atoms with Crippen molar-refractivity contribution in [2.45, 2.75) is 5.54 Å². The number of nitrogens with one attached hydrogen (secondary N) is 2. The van der Waals surface area contributed by atoms with Crippen LogP contribution in [0.15, 0.2) is 64.8 Å². The molecule has 0 radical (unpaired) electrons. The van der Waals surface area contributed by atoms with E-state index in [0.717, 1.165) is 15.8 Å². The third kappa shape index (κ3) is 2.54. The zero-order valence-corrected chi connectivity index (χ0v) is 17.1. The Bertz CT molecular complexity index is 1360. The Balaban J connectivity index is 1.76. The molecule has 1 saturated heterocycles. The van der Waals surface area contributed by atoms with E-state index in [-0.39, 0.29) is 17.4 Å². The van der Waals surface area contributed by atoms with E-state index in [2.05, 4.69) is 15.5 Å². The van der Waals surface area contributed by atoms with E-state index in [4.69, 9.17) is 4.99 Å². The largest absolute Gasteiger partial charge is 0.361 e. The molecule has 1 fully saturated rings. The van der Waals surface area contributed by atoms with Crippen LogP contribution in [0.3, 0.4) is 0 Å². The first-order valence-electron chi connectivity index (χ1n) is 9.66. The van der Waals surface area contributed by atoms with Crippen LogP contribution in [0.1, 0.15) is 11.1 Å². The fraction of sp³-hybridized carbons (Fsp3) is 0.143. The predicted octanol–water partition coefficient (Wildman–Crippen LogP) is 2.16. The van der Waals surface area contributed by atoms with Gasteiger partial charge in [0.05, 0.1) is 4.92 Å². The monoisotopic (exact) mass is 431 g/mol. The van der Waals surface area contributed by atoms with E-state index in [1.54, 1.807) is 6.20 Å². The SMILES string of the molecule is CN1C(=O)N(C)C2=NNC(c3ccc([N+](=O)[O-])cc3)=NC2(c2c[nH]c3ccccc23)C1=O. The van der Waals surface area contributed by atoms with Crippen LogP contribution in [0.4, 0.5) is 10.5 Å². The van der Waals surface area contributed by atoms with Gasteiger partial charge in [-0.1, -0.05) is 18.2 Å². The fourth-order valence-corrected chi connectivity index (χ4v) is 4.07. The summed E-state index contributed by atoms with van der Waals surface area (Å²) >= 11 is 0. The summed E-state index contributed by atoms with van der Waals surface area (Å²) < 4.78 is 0. The molecule has 0 bridgehead atoms. The Kier molecular flexibility index (Phi) is 4.09. The molecule has 2 aliphatic heterocycles. The van der Waals surface area contributed by atoms with E-state index in [9.17, 15) is 19.7 Å². The second kappa shape index (κ2) is 6.74. The number of amides is 3. The second-order valence-electron chi connectivity index (χ2n) is 7.48. The minimum Gasteiger partial charge on any atom is -0.361 e. The molecule has 1 aromatic heterocycles. The molecule has 3 aromatic rings. The van der Waals surface area contributed by atoms with Crippen molar-refractivity contribution in [1.29, 1.82) is 0 Å². The molecule has 1 unspecified atom stereocenters. The van der Waals surface area contributed by atoms with Gasteiger partial charge in [-0.15, -0.1) is 0 Å². The Labute approximate surface area is 181 Å². The van der Waals surface area contributed by atoms with Crippen molar-refractivity contribution in [1.82, 2.24) is 20.2 Å². The van der Waals surface area contributed by atoms with Crippen molar-refractivity contribution in [3.63, 3.8) is 0 Å². The third-order valence-corrected chi connectivity index (χ3v) is 5.71. The van der Waals surface area contributed by atoms with E-state index in [1.165, 1.54) is 43.3 Å². The first kappa shape index (κ1) is 19.4. The van der Waals surface area contributed by atoms with Gasteiger partial charge in [0.15, 0.2) is 11.7 Å². The van der Waals surface area contributed by atoms with Gasteiger partial charge in [0.1, 0.15) is 0 Å². The summed E-state index contributed by atoms with van der Waals surface area (Å²) in [5.74, 6) is -0.163. The lowest BCUT2D eigenvalue weighted by molar-refractivity contribution is -0.384. The molecule has 2 N–H and O–H groups in total. The summed E-state index contributed by atoms with van der Waals surface area (Å²) in [6.07, 6.45) is 1.69. The maximum absolute atomic E-state index is 13.7. The summed E-state index contributed by atoms with van der Waals surface area (Å²) in [6, 6.07) is 12.7. The number of rotatable bonds is 3. The highest BCUT2D eigenvalue weighted by atomic mass is 16.6. The first-order chi connectivity index (χ1) is 15.3. The van der Waals surface area contributed by atoms with Crippen LogP contribution in [0, 0.1) is 10.1 Å². The molecule has 5 rings (SSSR count). The van der Waals surface area contributed by atoms with Crippen molar-refractivity contribution >= 4 is 40.2 Å². The van der Waals surface area contributed by atoms with Crippen molar-refractivity contribution in [2.75, 3.05) is 14.1 Å². The summed E-state index contributed by atoms with van der Waals surface area (Å²) in [5, 5.41) is 16.1. The molecule has 2 aromatic carbocycles. The van der Waals surface area contributed by atoms with Crippen molar-refractivity contribution < 1.29 is 14.5 Å². The number of H-pyrrole nitrogens is 1. The molecule has 11 heteroatoms. The van der Waals surface area contributed by atoms with Crippen LogP contribution in [0.5, 0.6) is 0 Å². The fourth-order valence-electron chi connectivity index (χ4n) is 4.07. The number of hydrazone groups is 1. The van der Waals surface area contributed by atoms with Gasteiger partial charge in [-0.2, -0.15) is 5.10 Å². The topological polar surface area (TPSA) is 136 Å². The molecular formula is C21H17N7O4. The first-order valence-corrected chi connectivity index (χ1v) is 9.66. The number of hydrogen-bond donors (Lipinski definition) is 2. The number of nitro benzene ring substituents is 1. The van der Waals surface area contributed by atoms with Crippen LogP contribution >= 0.6 is 0 Å². The molecule has 3 heterocycles. The molecule has 32 heavy (non-hydrogen) atoms. The van der Waals surface area contributed by atoms with Gasteiger partial charge in [-0.25, -0.2) is 9.79 Å². The molecule has 0 aliphatic carbocycles. The number of aromatic amines is 1. The Hall–Kier alpha value is -4.54. The van der Waals surface area contributed by atoms with Gasteiger partial charge >= 0.3 is 6.03 Å². The van der Waals surface area contributed by atoms with Gasteiger partial charge in [0, 0.05) is 54.5 Å². The molecule has 160 valence electrons. The van der Waals surface area contributed by atoms with E-state index < -0.39 is 22.4 Å². The number of para-hydroxylation sites is 1. The highest BCUT2D eigenvalue weighted by molar-refractivity contribution is 6.27. The minimum absolute atomic E-state index is 0.0699. The number of imide groups is 1. The summed E-state index contributed by atoms with van der Waals surface area (Å²) in [4.78, 5) is 47.0. The Morgan fingerprint density at radius 1 is 1.03 bits per heavy atom. The number of benzene rings is 2. The molecule has 0 spiro atoms. The Morgan fingerprint density at radius 2 is 1.75 bits per heavy atom. The number of aromatic nitrogens is 1. The quantitative estimate of drug-likeness (QED) is 0.484. The van der Waals surface area contributed by atoms with Gasteiger partial charge in [0.2, 0.25) is 5.54 Å². The number of hydrogen-bond acceptors (Lipinski definition) is 7. The number of carbonyl (C=O) groups excluding carboxylic acids is 2. The third-order valence-electron chi connectivity index (χ3n) is 5.71. The van der Waals surface area contributed by atoms with E-state index in [1.807, 2.05) is 24.3 Å². The molecular weight excluding hydrogens is 414 g/mol. The summed E-state index contributed by atoms with van der Waals surface area (Å²) in [7, 11) is 2.93. The number of nitrogens with zero attached hydrogens (tertiary/aromatic N) is 5. The zero-order chi connectivity index (χ0) is 22.6. The highest BCUT2D eigenvalue weighted by Gasteiger charge is 2.57. The van der Waals surface area contributed by atoms with Crippen molar-refractivity contribution in [3.05, 3.63) is 76.0 Å². The van der Waals surface area contributed by atoms with Crippen molar-refractivity contribution in [3.8, 4) is 0 Å². The van der Waals surface area contributed by atoms with Crippen molar-refractivity contribution in [2.24, 2.45) is 10.1 Å². The lowest BCUT2D eigenvalue weighted by Crippen LogP contribution is -2.66. The number of likely N-dealkylation sites (N-methyl/N-ethyl adjacent to an activating group) is 2. The molecule has 2 aliphatic rings. The Morgan fingerprint density at radius 3 is 2.47 bits per heavy atom. The maximum atomic E-state index is 13.7. The number of nitro groups is 1. The average molecular weight is 431 g/mol. The minimum atomic E-state index is -1.63. The van der Waals surface area contributed by atoms with Gasteiger partial charge in [0.25, 0.3) is 11.6 Å². The number of carbonyl (C=O) groups is 2. The molecule has 3 amide bonds.